The molecule has 0 aromatic heterocycles. The number of ketones is 1. The molecule has 0 aliphatic heterocycles. The third-order valence-electron chi connectivity index (χ3n) is 3.85. The number of hydrogen-bond acceptors (Lipinski definition) is 3. The van der Waals surface area contributed by atoms with E-state index in [1.807, 2.05) is 42.5 Å². The van der Waals surface area contributed by atoms with Crippen LogP contribution in [0.3, 0.4) is 0 Å². The Balaban J connectivity index is 1.93. The van der Waals surface area contributed by atoms with Crippen LogP contribution in [0.25, 0.3) is 0 Å². The molecule has 3 heteroatoms. The normalized spacial score (nSPS) is 11.9. The smallest absolute Gasteiger partial charge is 0.197 e. The highest BCUT2D eigenvalue weighted by atomic mass is 32.2. The lowest BCUT2D eigenvalue weighted by atomic mass is 9.96. The molecule has 3 aromatic carbocycles. The lowest BCUT2D eigenvalue weighted by Gasteiger charge is -2.16. The zero-order chi connectivity index (χ0) is 16.9. The second-order valence-corrected chi connectivity index (χ2v) is 6.92. The zero-order valence-corrected chi connectivity index (χ0v) is 14.2. The van der Waals surface area contributed by atoms with Crippen molar-refractivity contribution >= 4 is 17.5 Å². The van der Waals surface area contributed by atoms with Gasteiger partial charge in [-0.05, 0) is 36.8 Å². The molecule has 1 unspecified atom stereocenters. The van der Waals surface area contributed by atoms with Crippen molar-refractivity contribution in [2.45, 2.75) is 17.1 Å². The number of rotatable bonds is 5. The second kappa shape index (κ2) is 7.37. The minimum absolute atomic E-state index is 0.0145. The van der Waals surface area contributed by atoms with Crippen LogP contribution in [0.15, 0.2) is 83.8 Å². The number of aromatic hydroxyl groups is 1. The molecule has 0 heterocycles. The second-order valence-electron chi connectivity index (χ2n) is 5.51. The van der Waals surface area contributed by atoms with Crippen LogP contribution in [-0.2, 0) is 0 Å². The maximum atomic E-state index is 12.9. The van der Waals surface area contributed by atoms with E-state index in [1.165, 1.54) is 6.07 Å². The van der Waals surface area contributed by atoms with Gasteiger partial charge in [0.1, 0.15) is 5.75 Å². The standard InChI is InChI=1S/C21H18O2S/c1-15(24-16-9-3-2-4-10-16)17-11-5-6-12-18(17)21(23)19-13-7-8-14-20(19)22/h2-15,22H,1H3. The van der Waals surface area contributed by atoms with Crippen molar-refractivity contribution in [1.29, 1.82) is 0 Å². The largest absolute Gasteiger partial charge is 0.507 e. The molecule has 0 aliphatic rings. The van der Waals surface area contributed by atoms with Crippen molar-refractivity contribution in [2.24, 2.45) is 0 Å². The van der Waals surface area contributed by atoms with Crippen molar-refractivity contribution in [3.8, 4) is 5.75 Å². The van der Waals surface area contributed by atoms with Crippen LogP contribution in [0.1, 0.15) is 33.7 Å². The Hall–Kier alpha value is -2.52. The summed E-state index contributed by atoms with van der Waals surface area (Å²) in [6, 6.07) is 24.4. The zero-order valence-electron chi connectivity index (χ0n) is 13.3. The van der Waals surface area contributed by atoms with Crippen LogP contribution in [0.2, 0.25) is 0 Å². The summed E-state index contributed by atoms with van der Waals surface area (Å²) in [4.78, 5) is 14.0. The van der Waals surface area contributed by atoms with Gasteiger partial charge >= 0.3 is 0 Å². The van der Waals surface area contributed by atoms with Gasteiger partial charge in [-0.25, -0.2) is 0 Å². The van der Waals surface area contributed by atoms with E-state index < -0.39 is 0 Å². The monoisotopic (exact) mass is 334 g/mol. The molecule has 0 amide bonds. The van der Waals surface area contributed by atoms with E-state index in [2.05, 4.69) is 19.1 Å². The maximum Gasteiger partial charge on any atom is 0.197 e. The van der Waals surface area contributed by atoms with Crippen molar-refractivity contribution in [2.75, 3.05) is 0 Å². The minimum Gasteiger partial charge on any atom is -0.507 e. The first kappa shape index (κ1) is 16.3. The molecule has 0 saturated carbocycles. The Labute approximate surface area is 146 Å². The van der Waals surface area contributed by atoms with E-state index >= 15 is 0 Å². The number of carbonyl (C=O) groups excluding carboxylic acids is 1. The molecule has 120 valence electrons. The Morgan fingerprint density at radius 1 is 0.833 bits per heavy atom. The van der Waals surface area contributed by atoms with Gasteiger partial charge in [0.05, 0.1) is 5.56 Å². The summed E-state index contributed by atoms with van der Waals surface area (Å²) in [5, 5.41) is 10.1. The number of carbonyl (C=O) groups is 1. The predicted octanol–water partition coefficient (Wildman–Crippen LogP) is 5.48. The first-order valence-corrected chi connectivity index (χ1v) is 8.68. The van der Waals surface area contributed by atoms with E-state index in [9.17, 15) is 9.90 Å². The number of phenols is 1. The SMILES string of the molecule is CC(Sc1ccccc1)c1ccccc1C(=O)c1ccccc1O. The molecule has 0 radical (unpaired) electrons. The maximum absolute atomic E-state index is 12.9. The van der Waals surface area contributed by atoms with Crippen LogP contribution < -0.4 is 0 Å². The molecule has 3 rings (SSSR count). The highest BCUT2D eigenvalue weighted by Gasteiger charge is 2.19. The van der Waals surface area contributed by atoms with E-state index in [0.29, 0.717) is 11.1 Å². The fraction of sp³-hybridized carbons (Fsp3) is 0.0952. The number of thioether (sulfide) groups is 1. The highest BCUT2D eigenvalue weighted by Crippen LogP contribution is 2.37. The van der Waals surface area contributed by atoms with Crippen molar-refractivity contribution in [3.63, 3.8) is 0 Å². The average Bonchev–Trinajstić information content (AvgIpc) is 2.62. The summed E-state index contributed by atoms with van der Waals surface area (Å²) >= 11 is 1.71. The van der Waals surface area contributed by atoms with Crippen LogP contribution in [-0.4, -0.2) is 10.9 Å². The molecule has 0 fully saturated rings. The molecule has 1 atom stereocenters. The fourth-order valence-electron chi connectivity index (χ4n) is 2.64. The number of phenolic OH excluding ortho intramolecular Hbond substituents is 1. The lowest BCUT2D eigenvalue weighted by molar-refractivity contribution is 0.103. The van der Waals surface area contributed by atoms with E-state index in [-0.39, 0.29) is 16.8 Å². The van der Waals surface area contributed by atoms with Gasteiger partial charge in [0.25, 0.3) is 0 Å². The van der Waals surface area contributed by atoms with Gasteiger partial charge in [0, 0.05) is 15.7 Å². The molecule has 0 aliphatic carbocycles. The van der Waals surface area contributed by atoms with Gasteiger partial charge in [0.15, 0.2) is 5.78 Å². The molecule has 0 spiro atoms. The number of para-hydroxylation sites is 1. The van der Waals surface area contributed by atoms with Gasteiger partial charge < -0.3 is 5.11 Å². The molecular formula is C21H18O2S. The summed E-state index contributed by atoms with van der Waals surface area (Å²) in [6.45, 7) is 2.09. The number of hydrogen-bond donors (Lipinski definition) is 1. The van der Waals surface area contributed by atoms with Crippen molar-refractivity contribution in [1.82, 2.24) is 0 Å². The predicted molar refractivity (Wildman–Crippen MR) is 98.7 cm³/mol. The molecular weight excluding hydrogens is 316 g/mol. The van der Waals surface area contributed by atoms with Gasteiger partial charge in [-0.15, -0.1) is 11.8 Å². The van der Waals surface area contributed by atoms with Crippen LogP contribution in [0.5, 0.6) is 5.75 Å². The molecule has 1 N–H and O–H groups in total. The average molecular weight is 334 g/mol. The summed E-state index contributed by atoms with van der Waals surface area (Å²) in [7, 11) is 0. The topological polar surface area (TPSA) is 37.3 Å². The van der Waals surface area contributed by atoms with E-state index in [4.69, 9.17) is 0 Å². The first-order chi connectivity index (χ1) is 11.7. The quantitative estimate of drug-likeness (QED) is 0.496. The Kier molecular flexibility index (Phi) is 5.02. The molecule has 0 saturated heterocycles. The summed E-state index contributed by atoms with van der Waals surface area (Å²) in [5.74, 6) is -0.134. The van der Waals surface area contributed by atoms with Gasteiger partial charge in [0.2, 0.25) is 0 Å². The fourth-order valence-corrected chi connectivity index (χ4v) is 3.69. The molecule has 2 nitrogen and oxygen atoms in total. The first-order valence-electron chi connectivity index (χ1n) is 7.80. The Bertz CT molecular complexity index is 843. The lowest BCUT2D eigenvalue weighted by Crippen LogP contribution is -2.06. The van der Waals surface area contributed by atoms with Crippen LogP contribution in [0.4, 0.5) is 0 Å². The van der Waals surface area contributed by atoms with Gasteiger partial charge in [-0.1, -0.05) is 54.6 Å². The van der Waals surface area contributed by atoms with Gasteiger partial charge in [-0.2, -0.15) is 0 Å². The molecule has 24 heavy (non-hydrogen) atoms. The third kappa shape index (κ3) is 3.52. The molecule has 3 aromatic rings. The Morgan fingerprint density at radius 2 is 1.42 bits per heavy atom. The minimum atomic E-state index is -0.149. The third-order valence-corrected chi connectivity index (χ3v) is 5.00. The number of benzene rings is 3. The van der Waals surface area contributed by atoms with E-state index in [0.717, 1.165) is 10.5 Å². The summed E-state index contributed by atoms with van der Waals surface area (Å²) < 4.78 is 0. The summed E-state index contributed by atoms with van der Waals surface area (Å²) in [5.41, 5.74) is 1.94. The van der Waals surface area contributed by atoms with Gasteiger partial charge in [-0.3, -0.25) is 4.79 Å². The van der Waals surface area contributed by atoms with Crippen molar-refractivity contribution < 1.29 is 9.90 Å². The summed E-state index contributed by atoms with van der Waals surface area (Å²) in [6.07, 6.45) is 0. The van der Waals surface area contributed by atoms with Crippen LogP contribution in [0, 0.1) is 0 Å². The molecule has 0 bridgehead atoms. The Morgan fingerprint density at radius 3 is 2.12 bits per heavy atom. The van der Waals surface area contributed by atoms with Crippen molar-refractivity contribution in [3.05, 3.63) is 95.6 Å². The van der Waals surface area contributed by atoms with E-state index in [1.54, 1.807) is 30.0 Å². The van der Waals surface area contributed by atoms with Crippen LogP contribution >= 0.6 is 11.8 Å². The highest BCUT2D eigenvalue weighted by molar-refractivity contribution is 7.99.